The van der Waals surface area contributed by atoms with Crippen LogP contribution in [0.15, 0.2) is 48.5 Å². The van der Waals surface area contributed by atoms with Gasteiger partial charge in [0.25, 0.3) is 5.91 Å². The van der Waals surface area contributed by atoms with Crippen molar-refractivity contribution < 1.29 is 14.3 Å². The number of anilines is 1. The summed E-state index contributed by atoms with van der Waals surface area (Å²) in [6, 6.07) is 14.1. The van der Waals surface area contributed by atoms with Crippen LogP contribution in [0.2, 0.25) is 0 Å². The van der Waals surface area contributed by atoms with Crippen molar-refractivity contribution in [2.24, 2.45) is 7.05 Å². The van der Waals surface area contributed by atoms with Gasteiger partial charge < -0.3 is 10.1 Å². The van der Waals surface area contributed by atoms with Crippen molar-refractivity contribution in [1.82, 2.24) is 9.78 Å². The van der Waals surface area contributed by atoms with Crippen LogP contribution in [0.4, 0.5) is 5.69 Å². The average Bonchev–Trinajstić information content (AvgIpc) is 2.92. The number of benzene rings is 2. The molecular formula is C17H15N3O3. The highest BCUT2D eigenvalue weighted by molar-refractivity contribution is 6.13. The highest BCUT2D eigenvalue weighted by Gasteiger charge is 2.18. The third-order valence-corrected chi connectivity index (χ3v) is 3.55. The molecule has 0 unspecified atom stereocenters. The SMILES string of the molecule is COC(=O)c1ccccc1NC(=O)c1nn(C)c2ccccc12. The topological polar surface area (TPSA) is 73.2 Å². The lowest BCUT2D eigenvalue weighted by Gasteiger charge is -2.08. The van der Waals surface area contributed by atoms with Gasteiger partial charge in [0.2, 0.25) is 0 Å². The molecule has 3 aromatic rings. The van der Waals surface area contributed by atoms with Crippen molar-refractivity contribution >= 4 is 28.5 Å². The zero-order chi connectivity index (χ0) is 16.4. The summed E-state index contributed by atoms with van der Waals surface area (Å²) in [5.41, 5.74) is 1.85. The first-order valence-corrected chi connectivity index (χ1v) is 7.02. The predicted molar refractivity (Wildman–Crippen MR) is 86.4 cm³/mol. The highest BCUT2D eigenvalue weighted by atomic mass is 16.5. The summed E-state index contributed by atoms with van der Waals surface area (Å²) in [5.74, 6) is -0.884. The minimum absolute atomic E-state index is 0.295. The van der Waals surface area contributed by atoms with Gasteiger partial charge in [-0.25, -0.2) is 4.79 Å². The van der Waals surface area contributed by atoms with Gasteiger partial charge in [0.15, 0.2) is 5.69 Å². The van der Waals surface area contributed by atoms with Gasteiger partial charge in [-0.2, -0.15) is 5.10 Å². The number of hydrogen-bond donors (Lipinski definition) is 1. The number of nitrogens with zero attached hydrogens (tertiary/aromatic N) is 2. The Kier molecular flexibility index (Phi) is 3.80. The van der Waals surface area contributed by atoms with E-state index in [2.05, 4.69) is 10.4 Å². The fourth-order valence-corrected chi connectivity index (χ4v) is 2.44. The number of nitrogens with one attached hydrogen (secondary N) is 1. The third kappa shape index (κ3) is 2.66. The Hall–Kier alpha value is -3.15. The van der Waals surface area contributed by atoms with E-state index in [0.29, 0.717) is 16.9 Å². The lowest BCUT2D eigenvalue weighted by atomic mass is 10.1. The third-order valence-electron chi connectivity index (χ3n) is 3.55. The molecule has 0 aliphatic heterocycles. The van der Waals surface area contributed by atoms with Crippen molar-refractivity contribution in [2.45, 2.75) is 0 Å². The van der Waals surface area contributed by atoms with Crippen LogP contribution in [0.25, 0.3) is 10.9 Å². The summed E-state index contributed by atoms with van der Waals surface area (Å²) >= 11 is 0. The Morgan fingerprint density at radius 3 is 2.57 bits per heavy atom. The van der Waals surface area contributed by atoms with E-state index in [1.165, 1.54) is 7.11 Å². The van der Waals surface area contributed by atoms with Crippen LogP contribution < -0.4 is 5.32 Å². The molecule has 0 aliphatic rings. The Bertz CT molecular complexity index is 899. The van der Waals surface area contributed by atoms with E-state index in [4.69, 9.17) is 4.74 Å². The Morgan fingerprint density at radius 1 is 1.09 bits per heavy atom. The number of aromatic nitrogens is 2. The van der Waals surface area contributed by atoms with Gasteiger partial charge in [-0.05, 0) is 18.2 Å². The van der Waals surface area contributed by atoms with Gasteiger partial charge in [0, 0.05) is 12.4 Å². The zero-order valence-electron chi connectivity index (χ0n) is 12.7. The summed E-state index contributed by atoms with van der Waals surface area (Å²) < 4.78 is 6.38. The molecule has 116 valence electrons. The van der Waals surface area contributed by atoms with Gasteiger partial charge in [0.05, 0.1) is 23.9 Å². The smallest absolute Gasteiger partial charge is 0.339 e. The maximum atomic E-state index is 12.6. The molecule has 6 heteroatoms. The summed E-state index contributed by atoms with van der Waals surface area (Å²) in [4.78, 5) is 24.3. The van der Waals surface area contributed by atoms with Crippen LogP contribution >= 0.6 is 0 Å². The second-order valence-corrected chi connectivity index (χ2v) is 4.98. The van der Waals surface area contributed by atoms with E-state index in [-0.39, 0.29) is 5.91 Å². The van der Waals surface area contributed by atoms with Gasteiger partial charge >= 0.3 is 5.97 Å². The van der Waals surface area contributed by atoms with Crippen molar-refractivity contribution in [1.29, 1.82) is 0 Å². The lowest BCUT2D eigenvalue weighted by molar-refractivity contribution is 0.0602. The van der Waals surface area contributed by atoms with Crippen molar-refractivity contribution in [3.05, 3.63) is 59.8 Å². The molecule has 0 saturated carbocycles. The fourth-order valence-electron chi connectivity index (χ4n) is 2.44. The Balaban J connectivity index is 1.98. The number of carbonyl (C=O) groups is 2. The summed E-state index contributed by atoms with van der Waals surface area (Å²) in [6.07, 6.45) is 0. The summed E-state index contributed by atoms with van der Waals surface area (Å²) in [7, 11) is 3.08. The first kappa shape index (κ1) is 14.8. The molecule has 23 heavy (non-hydrogen) atoms. The molecule has 3 rings (SSSR count). The first-order valence-electron chi connectivity index (χ1n) is 7.02. The minimum Gasteiger partial charge on any atom is -0.465 e. The molecule has 1 N–H and O–H groups in total. The number of rotatable bonds is 3. The number of fused-ring (bicyclic) bond motifs is 1. The normalized spacial score (nSPS) is 10.5. The van der Waals surface area contributed by atoms with E-state index in [1.54, 1.807) is 36.0 Å². The van der Waals surface area contributed by atoms with Gasteiger partial charge in [-0.1, -0.05) is 30.3 Å². The van der Waals surface area contributed by atoms with Crippen LogP contribution in [0.1, 0.15) is 20.8 Å². The van der Waals surface area contributed by atoms with Gasteiger partial charge in [-0.15, -0.1) is 0 Å². The lowest BCUT2D eigenvalue weighted by Crippen LogP contribution is -2.16. The van der Waals surface area contributed by atoms with Crippen molar-refractivity contribution in [3.8, 4) is 0 Å². The molecule has 6 nitrogen and oxygen atoms in total. The Morgan fingerprint density at radius 2 is 1.78 bits per heavy atom. The largest absolute Gasteiger partial charge is 0.465 e. The van der Waals surface area contributed by atoms with Crippen LogP contribution in [0.3, 0.4) is 0 Å². The quantitative estimate of drug-likeness (QED) is 0.755. The first-order chi connectivity index (χ1) is 11.1. The monoisotopic (exact) mass is 309 g/mol. The number of esters is 1. The number of para-hydroxylation sites is 2. The van der Waals surface area contributed by atoms with E-state index in [1.807, 2.05) is 24.3 Å². The molecular weight excluding hydrogens is 294 g/mol. The zero-order valence-corrected chi connectivity index (χ0v) is 12.7. The molecule has 1 amide bonds. The molecule has 0 fully saturated rings. The number of methoxy groups -OCH3 is 1. The van der Waals surface area contributed by atoms with E-state index < -0.39 is 5.97 Å². The van der Waals surface area contributed by atoms with Crippen LogP contribution in [-0.4, -0.2) is 28.8 Å². The van der Waals surface area contributed by atoms with Crippen LogP contribution in [-0.2, 0) is 11.8 Å². The Labute approximate surface area is 132 Å². The predicted octanol–water partition coefficient (Wildman–Crippen LogP) is 2.61. The summed E-state index contributed by atoms with van der Waals surface area (Å²) in [6.45, 7) is 0. The van der Waals surface area contributed by atoms with Crippen LogP contribution in [0, 0.1) is 0 Å². The molecule has 2 aromatic carbocycles. The molecule has 1 heterocycles. The van der Waals surface area contributed by atoms with Gasteiger partial charge in [-0.3, -0.25) is 9.48 Å². The molecule has 0 aliphatic carbocycles. The maximum Gasteiger partial charge on any atom is 0.339 e. The van der Waals surface area contributed by atoms with Crippen molar-refractivity contribution in [3.63, 3.8) is 0 Å². The van der Waals surface area contributed by atoms with E-state index >= 15 is 0 Å². The van der Waals surface area contributed by atoms with E-state index in [0.717, 1.165) is 10.9 Å². The molecule has 0 spiro atoms. The minimum atomic E-state index is -0.508. The standard InChI is InChI=1S/C17H15N3O3/c1-20-14-10-6-4-8-12(14)15(19-20)16(21)18-13-9-5-3-7-11(13)17(22)23-2/h3-10H,1-2H3,(H,18,21). The summed E-state index contributed by atoms with van der Waals surface area (Å²) in [5, 5.41) is 7.75. The molecule has 0 radical (unpaired) electrons. The number of ether oxygens (including phenoxy) is 1. The number of carbonyl (C=O) groups excluding carboxylic acids is 2. The van der Waals surface area contributed by atoms with Gasteiger partial charge in [0.1, 0.15) is 0 Å². The fraction of sp³-hybridized carbons (Fsp3) is 0.118. The highest BCUT2D eigenvalue weighted by Crippen LogP contribution is 2.21. The number of hydrogen-bond acceptors (Lipinski definition) is 4. The second kappa shape index (κ2) is 5.92. The van der Waals surface area contributed by atoms with Crippen LogP contribution in [0.5, 0.6) is 0 Å². The molecule has 0 saturated heterocycles. The molecule has 0 atom stereocenters. The maximum absolute atomic E-state index is 12.6. The molecule has 0 bridgehead atoms. The molecule has 1 aromatic heterocycles. The van der Waals surface area contributed by atoms with E-state index in [9.17, 15) is 9.59 Å². The second-order valence-electron chi connectivity index (χ2n) is 4.98. The number of amides is 1. The van der Waals surface area contributed by atoms with Crippen molar-refractivity contribution in [2.75, 3.05) is 12.4 Å². The average molecular weight is 309 g/mol. The number of aryl methyl sites for hydroxylation is 1.